The lowest BCUT2D eigenvalue weighted by Crippen LogP contribution is -2.30. The molecule has 1 N–H and O–H groups in total. The molecule has 0 unspecified atom stereocenters. The maximum Gasteiger partial charge on any atom is 0.181 e. The van der Waals surface area contributed by atoms with E-state index in [1.165, 1.54) is 18.4 Å². The highest BCUT2D eigenvalue weighted by Gasteiger charge is 2.36. The van der Waals surface area contributed by atoms with Crippen molar-refractivity contribution in [1.82, 2.24) is 19.5 Å². The molecule has 6 rings (SSSR count). The van der Waals surface area contributed by atoms with Crippen LogP contribution in [0.3, 0.4) is 0 Å². The first-order chi connectivity index (χ1) is 18.7. The zero-order valence-electron chi connectivity index (χ0n) is 20.6. The van der Waals surface area contributed by atoms with E-state index in [0.717, 1.165) is 34.5 Å². The van der Waals surface area contributed by atoms with Gasteiger partial charge < -0.3 is 18.5 Å². The van der Waals surface area contributed by atoms with E-state index < -0.39 is 5.60 Å². The number of aliphatic hydroxyl groups is 1. The molecule has 38 heavy (non-hydrogen) atoms. The third kappa shape index (κ3) is 4.67. The second-order valence-corrected chi connectivity index (χ2v) is 9.22. The van der Waals surface area contributed by atoms with Crippen molar-refractivity contribution in [1.29, 1.82) is 0 Å². The molecule has 0 fully saturated rings. The number of aromatic nitrogens is 4. The minimum Gasteiger partial charge on any atom is -0.451 e. The number of hydrogen-bond acceptors (Lipinski definition) is 6. The van der Waals surface area contributed by atoms with Crippen LogP contribution in [-0.2, 0) is 18.6 Å². The predicted octanol–water partition coefficient (Wildman–Crippen LogP) is 6.11. The summed E-state index contributed by atoms with van der Waals surface area (Å²) in [6.07, 6.45) is 10.8. The Hall–Kier alpha value is -4.75. The Morgan fingerprint density at radius 2 is 1.29 bits per heavy atom. The average Bonchev–Trinajstić information content (AvgIpc) is 3.76. The van der Waals surface area contributed by atoms with Crippen LogP contribution >= 0.6 is 0 Å². The summed E-state index contributed by atoms with van der Waals surface area (Å²) in [6, 6.07) is 25.8. The topological polar surface area (TPSA) is 90.1 Å². The second kappa shape index (κ2) is 10.3. The van der Waals surface area contributed by atoms with E-state index in [2.05, 4.69) is 31.7 Å². The van der Waals surface area contributed by atoms with Gasteiger partial charge >= 0.3 is 0 Å². The molecule has 7 nitrogen and oxygen atoms in total. The SMILES string of the molecule is OC(CCc1cn(Cc2ccccc2)cn1)(c1ccccc1-c1cocn1)c1ccccc1-c1cocn1. The van der Waals surface area contributed by atoms with E-state index in [9.17, 15) is 5.11 Å². The van der Waals surface area contributed by atoms with Crippen LogP contribution in [0.1, 0.15) is 28.8 Å². The van der Waals surface area contributed by atoms with Gasteiger partial charge in [0.05, 0.1) is 12.0 Å². The van der Waals surface area contributed by atoms with Gasteiger partial charge in [-0.2, -0.15) is 0 Å². The van der Waals surface area contributed by atoms with Gasteiger partial charge in [-0.1, -0.05) is 78.9 Å². The minimum absolute atomic E-state index is 0.388. The van der Waals surface area contributed by atoms with Crippen molar-refractivity contribution >= 4 is 0 Å². The van der Waals surface area contributed by atoms with Crippen LogP contribution in [-0.4, -0.2) is 24.6 Å². The second-order valence-electron chi connectivity index (χ2n) is 9.22. The largest absolute Gasteiger partial charge is 0.451 e. The van der Waals surface area contributed by atoms with Crippen LogP contribution in [0.2, 0.25) is 0 Å². The monoisotopic (exact) mass is 502 g/mol. The van der Waals surface area contributed by atoms with Crippen molar-refractivity contribution in [2.75, 3.05) is 0 Å². The highest BCUT2D eigenvalue weighted by atomic mass is 16.3. The Kier molecular flexibility index (Phi) is 6.42. The highest BCUT2D eigenvalue weighted by molar-refractivity contribution is 5.70. The molecule has 0 radical (unpaired) electrons. The summed E-state index contributed by atoms with van der Waals surface area (Å²) in [7, 11) is 0. The number of hydrogen-bond donors (Lipinski definition) is 1. The van der Waals surface area contributed by atoms with Crippen molar-refractivity contribution in [2.24, 2.45) is 0 Å². The van der Waals surface area contributed by atoms with E-state index in [0.29, 0.717) is 24.2 Å². The molecule has 188 valence electrons. The van der Waals surface area contributed by atoms with Gasteiger partial charge in [0.15, 0.2) is 12.8 Å². The smallest absolute Gasteiger partial charge is 0.181 e. The van der Waals surface area contributed by atoms with Crippen LogP contribution < -0.4 is 0 Å². The van der Waals surface area contributed by atoms with Crippen molar-refractivity contribution in [2.45, 2.75) is 25.0 Å². The van der Waals surface area contributed by atoms with Crippen molar-refractivity contribution < 1.29 is 13.9 Å². The summed E-state index contributed by atoms with van der Waals surface area (Å²) in [5, 5.41) is 12.7. The fraction of sp³-hybridized carbons (Fsp3) is 0.129. The lowest BCUT2D eigenvalue weighted by molar-refractivity contribution is 0.0722. The number of imidazole rings is 1. The molecule has 3 heterocycles. The molecule has 0 atom stereocenters. The van der Waals surface area contributed by atoms with E-state index in [1.54, 1.807) is 12.5 Å². The molecule has 0 spiro atoms. The molecule has 7 heteroatoms. The lowest BCUT2D eigenvalue weighted by atomic mass is 9.77. The molecule has 3 aromatic carbocycles. The molecule has 0 amide bonds. The van der Waals surface area contributed by atoms with Gasteiger partial charge in [-0.3, -0.25) is 0 Å². The minimum atomic E-state index is -1.38. The number of oxazole rings is 2. The molecule has 0 saturated heterocycles. The maximum absolute atomic E-state index is 12.7. The number of benzene rings is 3. The van der Waals surface area contributed by atoms with E-state index >= 15 is 0 Å². The Bertz CT molecular complexity index is 1530. The zero-order chi connectivity index (χ0) is 25.8. The van der Waals surface area contributed by atoms with Crippen LogP contribution in [0, 0.1) is 0 Å². The third-order valence-corrected chi connectivity index (χ3v) is 6.80. The van der Waals surface area contributed by atoms with Crippen LogP contribution in [0.5, 0.6) is 0 Å². The summed E-state index contributed by atoms with van der Waals surface area (Å²) in [6.45, 7) is 0.738. The molecular formula is C31H26N4O3. The van der Waals surface area contributed by atoms with Gasteiger partial charge in [-0.05, 0) is 29.5 Å². The molecule has 0 aliphatic carbocycles. The molecule has 3 aromatic heterocycles. The summed E-state index contributed by atoms with van der Waals surface area (Å²) in [4.78, 5) is 13.4. The number of rotatable bonds is 9. The Balaban J connectivity index is 1.39. The molecule has 0 saturated carbocycles. The van der Waals surface area contributed by atoms with Crippen molar-refractivity contribution in [3.8, 4) is 22.5 Å². The first-order valence-electron chi connectivity index (χ1n) is 12.4. The maximum atomic E-state index is 12.7. The molecule has 0 aliphatic rings. The number of nitrogens with zero attached hydrogens (tertiary/aromatic N) is 4. The fourth-order valence-corrected chi connectivity index (χ4v) is 4.96. The fourth-order valence-electron chi connectivity index (χ4n) is 4.96. The standard InChI is InChI=1S/C31H26N4O3/c36-31(27-12-6-4-10-25(27)29-18-37-21-33-29,28-13-7-5-11-26(28)30-19-38-22-34-30)15-14-24-17-35(20-32-24)16-23-8-2-1-3-9-23/h1-13,17-22,36H,14-16H2. The first kappa shape index (κ1) is 23.6. The van der Waals surface area contributed by atoms with Crippen LogP contribution in [0.15, 0.2) is 126 Å². The van der Waals surface area contributed by atoms with Gasteiger partial charge in [-0.25, -0.2) is 15.0 Å². The van der Waals surface area contributed by atoms with Gasteiger partial charge in [-0.15, -0.1) is 0 Å². The predicted molar refractivity (Wildman–Crippen MR) is 143 cm³/mol. The normalized spacial score (nSPS) is 11.6. The van der Waals surface area contributed by atoms with Crippen LogP contribution in [0.4, 0.5) is 0 Å². The lowest BCUT2D eigenvalue weighted by Gasteiger charge is -2.32. The Labute approximate surface area is 220 Å². The van der Waals surface area contributed by atoms with Gasteiger partial charge in [0, 0.05) is 23.9 Å². The molecular weight excluding hydrogens is 476 g/mol. The van der Waals surface area contributed by atoms with Gasteiger partial charge in [0.1, 0.15) is 29.5 Å². The summed E-state index contributed by atoms with van der Waals surface area (Å²) in [5.74, 6) is 0. The molecule has 6 aromatic rings. The van der Waals surface area contributed by atoms with E-state index in [4.69, 9.17) is 8.83 Å². The summed E-state index contributed by atoms with van der Waals surface area (Å²) >= 11 is 0. The number of aryl methyl sites for hydroxylation is 1. The first-order valence-corrected chi connectivity index (χ1v) is 12.4. The average molecular weight is 503 g/mol. The Morgan fingerprint density at radius 1 is 0.711 bits per heavy atom. The van der Waals surface area contributed by atoms with E-state index in [-0.39, 0.29) is 0 Å². The third-order valence-electron chi connectivity index (χ3n) is 6.80. The Morgan fingerprint density at radius 3 is 1.87 bits per heavy atom. The van der Waals surface area contributed by atoms with Crippen molar-refractivity contribution in [3.63, 3.8) is 0 Å². The molecule has 0 bridgehead atoms. The van der Waals surface area contributed by atoms with Gasteiger partial charge in [0.25, 0.3) is 0 Å². The van der Waals surface area contributed by atoms with Gasteiger partial charge in [0.2, 0.25) is 0 Å². The highest BCUT2D eigenvalue weighted by Crippen LogP contribution is 2.43. The molecule has 0 aliphatic heterocycles. The van der Waals surface area contributed by atoms with Crippen LogP contribution in [0.25, 0.3) is 22.5 Å². The quantitative estimate of drug-likeness (QED) is 0.257. The summed E-state index contributed by atoms with van der Waals surface area (Å²) in [5.41, 5.74) is 5.10. The van der Waals surface area contributed by atoms with Crippen molar-refractivity contribution in [3.05, 3.63) is 139 Å². The zero-order valence-corrected chi connectivity index (χ0v) is 20.6. The summed E-state index contributed by atoms with van der Waals surface area (Å²) < 4.78 is 12.6. The van der Waals surface area contributed by atoms with E-state index in [1.807, 2.05) is 79.3 Å².